The molecule has 2 aromatic heterocycles. The minimum absolute atomic E-state index is 0.0115. The summed E-state index contributed by atoms with van der Waals surface area (Å²) in [5.74, 6) is 0.634. The first-order valence-corrected chi connectivity index (χ1v) is 6.80. The van der Waals surface area contributed by atoms with Crippen LogP contribution in [0.1, 0.15) is 37.6 Å². The van der Waals surface area contributed by atoms with E-state index in [-0.39, 0.29) is 11.0 Å². The van der Waals surface area contributed by atoms with Crippen LogP contribution >= 0.6 is 11.3 Å². The van der Waals surface area contributed by atoms with Crippen LogP contribution in [0, 0.1) is 5.92 Å². The molecule has 0 spiro atoms. The van der Waals surface area contributed by atoms with Crippen LogP contribution in [0.3, 0.4) is 0 Å². The zero-order chi connectivity index (χ0) is 12.2. The Balaban J connectivity index is 2.39. The lowest BCUT2D eigenvalue weighted by atomic mass is 9.73. The Morgan fingerprint density at radius 3 is 3.06 bits per heavy atom. The third-order valence-corrected chi connectivity index (χ3v) is 5.13. The average Bonchev–Trinajstić information content (AvgIpc) is 2.57. The maximum Gasteiger partial charge on any atom is 0.259 e. The molecule has 0 saturated carbocycles. The average molecular weight is 248 g/mol. The van der Waals surface area contributed by atoms with Crippen molar-refractivity contribution in [1.29, 1.82) is 0 Å². The van der Waals surface area contributed by atoms with Crippen molar-refractivity contribution in [2.75, 3.05) is 0 Å². The van der Waals surface area contributed by atoms with E-state index >= 15 is 0 Å². The van der Waals surface area contributed by atoms with Crippen molar-refractivity contribution in [2.45, 2.75) is 39.0 Å². The standard InChI is InChI=1S/C13H16N2OS/c1-7-4-8-9-11(16)14-6-15-12(9)17-10(8)13(2,3)5-7/h6-7H,4-5H2,1-3H3,(H,14,15,16). The van der Waals surface area contributed by atoms with Gasteiger partial charge in [-0.2, -0.15) is 0 Å². The van der Waals surface area contributed by atoms with Crippen molar-refractivity contribution >= 4 is 21.6 Å². The van der Waals surface area contributed by atoms with Crippen molar-refractivity contribution < 1.29 is 0 Å². The van der Waals surface area contributed by atoms with Gasteiger partial charge in [0.1, 0.15) is 4.83 Å². The van der Waals surface area contributed by atoms with Crippen LogP contribution in [0.2, 0.25) is 0 Å². The van der Waals surface area contributed by atoms with Gasteiger partial charge in [0.15, 0.2) is 0 Å². The molecule has 4 heteroatoms. The highest BCUT2D eigenvalue weighted by Gasteiger charge is 2.35. The maximum absolute atomic E-state index is 11.9. The fourth-order valence-corrected chi connectivity index (χ4v) is 4.41. The predicted octanol–water partition coefficient (Wildman–Crippen LogP) is 2.84. The van der Waals surface area contributed by atoms with E-state index in [0.717, 1.165) is 16.6 Å². The number of aromatic amines is 1. The minimum atomic E-state index is 0.0115. The summed E-state index contributed by atoms with van der Waals surface area (Å²) in [5, 5.41) is 0.826. The zero-order valence-electron chi connectivity index (χ0n) is 10.3. The number of thiophene rings is 1. The molecule has 3 rings (SSSR count). The van der Waals surface area contributed by atoms with Gasteiger partial charge in [-0.25, -0.2) is 4.98 Å². The number of aromatic nitrogens is 2. The molecule has 1 atom stereocenters. The second-order valence-electron chi connectivity index (χ2n) is 5.72. The van der Waals surface area contributed by atoms with E-state index < -0.39 is 0 Å². The number of rotatable bonds is 0. The molecule has 1 aliphatic carbocycles. The van der Waals surface area contributed by atoms with Crippen LogP contribution in [0.5, 0.6) is 0 Å². The third kappa shape index (κ3) is 1.54. The Bertz CT molecular complexity index is 638. The molecule has 0 aromatic carbocycles. The van der Waals surface area contributed by atoms with Gasteiger partial charge in [-0.15, -0.1) is 11.3 Å². The van der Waals surface area contributed by atoms with Crippen LogP contribution in [0.4, 0.5) is 0 Å². The van der Waals surface area contributed by atoms with Gasteiger partial charge in [0, 0.05) is 4.88 Å². The largest absolute Gasteiger partial charge is 0.313 e. The van der Waals surface area contributed by atoms with Crippen LogP contribution in [-0.4, -0.2) is 9.97 Å². The molecule has 17 heavy (non-hydrogen) atoms. The summed E-state index contributed by atoms with van der Waals surface area (Å²) in [6.45, 7) is 6.80. The quantitative estimate of drug-likeness (QED) is 0.779. The van der Waals surface area contributed by atoms with Gasteiger partial charge < -0.3 is 4.98 Å². The minimum Gasteiger partial charge on any atom is -0.313 e. The SMILES string of the molecule is CC1Cc2c(sc3nc[nH]c(=O)c23)C(C)(C)C1. The Hall–Kier alpha value is -1.16. The number of H-pyrrole nitrogens is 1. The first-order chi connectivity index (χ1) is 7.99. The highest BCUT2D eigenvalue weighted by molar-refractivity contribution is 7.19. The topological polar surface area (TPSA) is 45.8 Å². The molecule has 1 unspecified atom stereocenters. The van der Waals surface area contributed by atoms with E-state index in [2.05, 4.69) is 30.7 Å². The normalized spacial score (nSPS) is 22.6. The van der Waals surface area contributed by atoms with Crippen LogP contribution in [0.25, 0.3) is 10.2 Å². The Morgan fingerprint density at radius 1 is 1.53 bits per heavy atom. The van der Waals surface area contributed by atoms with Gasteiger partial charge in [0.25, 0.3) is 5.56 Å². The van der Waals surface area contributed by atoms with Crippen molar-refractivity contribution in [3.8, 4) is 0 Å². The van der Waals surface area contributed by atoms with E-state index in [0.29, 0.717) is 5.92 Å². The Morgan fingerprint density at radius 2 is 2.29 bits per heavy atom. The first kappa shape index (κ1) is 11.0. The summed E-state index contributed by atoms with van der Waals surface area (Å²) in [6, 6.07) is 0. The molecule has 2 aromatic rings. The molecule has 3 nitrogen and oxygen atoms in total. The second kappa shape index (κ2) is 3.42. The molecular formula is C13H16N2OS. The summed E-state index contributed by atoms with van der Waals surface area (Å²) in [7, 11) is 0. The number of nitrogens with one attached hydrogen (secondary N) is 1. The fraction of sp³-hybridized carbons (Fsp3) is 0.538. The predicted molar refractivity (Wildman–Crippen MR) is 70.8 cm³/mol. The summed E-state index contributed by atoms with van der Waals surface area (Å²) < 4.78 is 0. The van der Waals surface area contributed by atoms with E-state index in [4.69, 9.17) is 0 Å². The highest BCUT2D eigenvalue weighted by atomic mass is 32.1. The molecule has 1 aliphatic rings. The Kier molecular flexibility index (Phi) is 2.20. The number of fused-ring (bicyclic) bond motifs is 3. The summed E-state index contributed by atoms with van der Waals surface area (Å²) in [6.07, 6.45) is 3.70. The molecule has 0 bridgehead atoms. The lowest BCUT2D eigenvalue weighted by molar-refractivity contribution is 0.356. The molecule has 90 valence electrons. The molecular weight excluding hydrogens is 232 g/mol. The van der Waals surface area contributed by atoms with E-state index in [1.165, 1.54) is 23.2 Å². The van der Waals surface area contributed by atoms with E-state index in [1.807, 2.05) is 0 Å². The Labute approximate surface area is 104 Å². The van der Waals surface area contributed by atoms with Gasteiger partial charge in [-0.3, -0.25) is 4.79 Å². The summed E-state index contributed by atoms with van der Waals surface area (Å²) >= 11 is 1.69. The van der Waals surface area contributed by atoms with Gasteiger partial charge in [-0.1, -0.05) is 20.8 Å². The summed E-state index contributed by atoms with van der Waals surface area (Å²) in [5.41, 5.74) is 1.42. The molecule has 0 amide bonds. The van der Waals surface area contributed by atoms with Crippen molar-refractivity contribution in [1.82, 2.24) is 9.97 Å². The summed E-state index contributed by atoms with van der Waals surface area (Å²) in [4.78, 5) is 21.2. The molecule has 1 N–H and O–H groups in total. The lowest BCUT2D eigenvalue weighted by Crippen LogP contribution is -2.27. The third-order valence-electron chi connectivity index (χ3n) is 3.62. The van der Waals surface area contributed by atoms with Crippen LogP contribution in [-0.2, 0) is 11.8 Å². The van der Waals surface area contributed by atoms with Crippen molar-refractivity contribution in [3.63, 3.8) is 0 Å². The molecule has 0 radical (unpaired) electrons. The first-order valence-electron chi connectivity index (χ1n) is 5.98. The zero-order valence-corrected chi connectivity index (χ0v) is 11.1. The van der Waals surface area contributed by atoms with Gasteiger partial charge in [0.2, 0.25) is 0 Å². The number of nitrogens with zero attached hydrogens (tertiary/aromatic N) is 1. The molecule has 0 aliphatic heterocycles. The van der Waals surface area contributed by atoms with Gasteiger partial charge >= 0.3 is 0 Å². The van der Waals surface area contributed by atoms with Crippen LogP contribution in [0.15, 0.2) is 11.1 Å². The monoisotopic (exact) mass is 248 g/mol. The molecule has 0 fully saturated rings. The van der Waals surface area contributed by atoms with Crippen molar-refractivity contribution in [2.24, 2.45) is 5.92 Å². The number of hydrogen-bond acceptors (Lipinski definition) is 3. The molecule has 0 saturated heterocycles. The van der Waals surface area contributed by atoms with Crippen LogP contribution < -0.4 is 5.56 Å². The van der Waals surface area contributed by atoms with Gasteiger partial charge in [0.05, 0.1) is 11.7 Å². The van der Waals surface area contributed by atoms with E-state index in [9.17, 15) is 4.79 Å². The van der Waals surface area contributed by atoms with Gasteiger partial charge in [-0.05, 0) is 29.7 Å². The molecule has 2 heterocycles. The smallest absolute Gasteiger partial charge is 0.259 e. The fourth-order valence-electron chi connectivity index (χ4n) is 3.12. The number of hydrogen-bond donors (Lipinski definition) is 1. The lowest BCUT2D eigenvalue weighted by Gasteiger charge is -2.33. The second-order valence-corrected chi connectivity index (χ2v) is 6.72. The van der Waals surface area contributed by atoms with E-state index in [1.54, 1.807) is 11.3 Å². The highest BCUT2D eigenvalue weighted by Crippen LogP contribution is 2.45. The maximum atomic E-state index is 11.9. The van der Waals surface area contributed by atoms with Crippen molar-refractivity contribution in [3.05, 3.63) is 27.1 Å².